The van der Waals surface area contributed by atoms with E-state index in [1.54, 1.807) is 0 Å². The molecule has 0 amide bonds. The normalized spacial score (nSPS) is 14.7. The van der Waals surface area contributed by atoms with E-state index in [0.717, 1.165) is 19.3 Å². The quantitative estimate of drug-likeness (QED) is 0.711. The monoisotopic (exact) mass is 263 g/mol. The number of hydrogen-bond acceptors (Lipinski definition) is 2. The van der Waals surface area contributed by atoms with Crippen molar-refractivity contribution in [2.45, 2.75) is 93.0 Å². The second-order valence-electron chi connectivity index (χ2n) is 3.02. The van der Waals surface area contributed by atoms with E-state index in [1.807, 2.05) is 55.4 Å². The Bertz CT molecular complexity index is 141. The standard InChI is InChI=1S/C7H13NO2.4C2H6/c8-7(6(9)10)4-2-1-3-5-7;4*1-2/h1-5,8H2,(H,9,10);4*1-2H3. The first-order valence-corrected chi connectivity index (χ1v) is 7.67. The van der Waals surface area contributed by atoms with Gasteiger partial charge in [0, 0.05) is 0 Å². The lowest BCUT2D eigenvalue weighted by molar-refractivity contribution is -0.144. The van der Waals surface area contributed by atoms with E-state index in [0.29, 0.717) is 12.8 Å². The minimum atomic E-state index is -0.905. The van der Waals surface area contributed by atoms with Gasteiger partial charge in [-0.1, -0.05) is 74.7 Å². The lowest BCUT2D eigenvalue weighted by Gasteiger charge is -2.28. The van der Waals surface area contributed by atoms with Gasteiger partial charge in [0.25, 0.3) is 0 Å². The van der Waals surface area contributed by atoms with E-state index >= 15 is 0 Å². The molecule has 3 nitrogen and oxygen atoms in total. The lowest BCUT2D eigenvalue weighted by Crippen LogP contribution is -2.49. The molecule has 0 aliphatic heterocycles. The predicted octanol–water partition coefficient (Wildman–Crippen LogP) is 4.84. The second-order valence-corrected chi connectivity index (χ2v) is 3.02. The molecule has 0 aromatic heterocycles. The molecular weight excluding hydrogens is 226 g/mol. The average Bonchev–Trinajstić information content (AvgIpc) is 2.48. The van der Waals surface area contributed by atoms with Gasteiger partial charge in [-0.2, -0.15) is 0 Å². The van der Waals surface area contributed by atoms with Crippen LogP contribution in [0.2, 0.25) is 0 Å². The summed E-state index contributed by atoms with van der Waals surface area (Å²) in [6, 6.07) is 0. The van der Waals surface area contributed by atoms with Crippen LogP contribution in [0.15, 0.2) is 0 Å². The Labute approximate surface area is 115 Å². The number of hydrogen-bond donors (Lipinski definition) is 2. The Morgan fingerprint density at radius 2 is 1.11 bits per heavy atom. The molecular formula is C15H37NO2. The van der Waals surface area contributed by atoms with Gasteiger partial charge in [-0.05, 0) is 12.8 Å². The average molecular weight is 263 g/mol. The molecule has 0 bridgehead atoms. The van der Waals surface area contributed by atoms with Crippen molar-refractivity contribution in [2.24, 2.45) is 5.73 Å². The van der Waals surface area contributed by atoms with Crippen LogP contribution in [0.1, 0.15) is 87.5 Å². The Hall–Kier alpha value is -0.570. The van der Waals surface area contributed by atoms with E-state index in [9.17, 15) is 4.79 Å². The van der Waals surface area contributed by atoms with Gasteiger partial charge in [-0.25, -0.2) is 0 Å². The van der Waals surface area contributed by atoms with Gasteiger partial charge in [-0.15, -0.1) is 0 Å². The highest BCUT2D eigenvalue weighted by molar-refractivity contribution is 5.78. The number of carboxylic acid groups (broad SMARTS) is 1. The SMILES string of the molecule is CC.CC.CC.CC.NC1(C(=O)O)CCCCC1. The highest BCUT2D eigenvalue weighted by atomic mass is 16.4. The van der Waals surface area contributed by atoms with Crippen LogP contribution in [-0.2, 0) is 4.79 Å². The molecule has 1 aliphatic carbocycles. The van der Waals surface area contributed by atoms with Crippen LogP contribution in [0.4, 0.5) is 0 Å². The van der Waals surface area contributed by atoms with E-state index in [2.05, 4.69) is 0 Å². The van der Waals surface area contributed by atoms with Gasteiger partial charge in [0.2, 0.25) is 0 Å². The summed E-state index contributed by atoms with van der Waals surface area (Å²) in [6.07, 6.45) is 4.34. The first kappa shape index (κ1) is 26.1. The maximum Gasteiger partial charge on any atom is 0.323 e. The Balaban J connectivity index is -0.000000105. The molecule has 0 radical (unpaired) electrons. The Morgan fingerprint density at radius 3 is 1.28 bits per heavy atom. The molecule has 114 valence electrons. The van der Waals surface area contributed by atoms with E-state index in [-0.39, 0.29) is 0 Å². The molecule has 1 fully saturated rings. The minimum absolute atomic E-state index is 0.641. The summed E-state index contributed by atoms with van der Waals surface area (Å²) in [5.74, 6) is -0.841. The van der Waals surface area contributed by atoms with Crippen LogP contribution >= 0.6 is 0 Å². The molecule has 0 aromatic rings. The second kappa shape index (κ2) is 21.7. The third kappa shape index (κ3) is 13.5. The smallest absolute Gasteiger partial charge is 0.323 e. The van der Waals surface area contributed by atoms with Gasteiger partial charge in [0.05, 0.1) is 0 Å². The van der Waals surface area contributed by atoms with Gasteiger partial charge in [0.1, 0.15) is 5.54 Å². The summed E-state index contributed by atoms with van der Waals surface area (Å²) in [7, 11) is 0. The van der Waals surface area contributed by atoms with Crippen LogP contribution in [0.3, 0.4) is 0 Å². The highest BCUT2D eigenvalue weighted by Crippen LogP contribution is 2.25. The van der Waals surface area contributed by atoms with Crippen molar-refractivity contribution >= 4 is 5.97 Å². The third-order valence-corrected chi connectivity index (χ3v) is 2.17. The number of aliphatic carboxylic acids is 1. The van der Waals surface area contributed by atoms with Gasteiger partial charge >= 0.3 is 5.97 Å². The molecule has 1 saturated carbocycles. The van der Waals surface area contributed by atoms with E-state index in [4.69, 9.17) is 10.8 Å². The zero-order chi connectivity index (χ0) is 15.6. The fourth-order valence-corrected chi connectivity index (χ4v) is 1.40. The summed E-state index contributed by atoms with van der Waals surface area (Å²) in [4.78, 5) is 10.6. The third-order valence-electron chi connectivity index (χ3n) is 2.17. The lowest BCUT2D eigenvalue weighted by atomic mass is 9.83. The highest BCUT2D eigenvalue weighted by Gasteiger charge is 2.34. The molecule has 0 heterocycles. The van der Waals surface area contributed by atoms with Crippen LogP contribution < -0.4 is 5.73 Å². The molecule has 0 atom stereocenters. The van der Waals surface area contributed by atoms with Gasteiger partial charge in [0.15, 0.2) is 0 Å². The maximum atomic E-state index is 10.6. The summed E-state index contributed by atoms with van der Waals surface area (Å²) in [5, 5.41) is 8.67. The summed E-state index contributed by atoms with van der Waals surface area (Å²) < 4.78 is 0. The Kier molecular flexibility index (Phi) is 31.4. The molecule has 18 heavy (non-hydrogen) atoms. The van der Waals surface area contributed by atoms with Crippen molar-refractivity contribution in [3.63, 3.8) is 0 Å². The summed E-state index contributed by atoms with van der Waals surface area (Å²) in [5.41, 5.74) is 4.70. The van der Waals surface area contributed by atoms with Crippen molar-refractivity contribution in [1.82, 2.24) is 0 Å². The Morgan fingerprint density at radius 1 is 0.833 bits per heavy atom. The minimum Gasteiger partial charge on any atom is -0.480 e. The molecule has 0 aromatic carbocycles. The van der Waals surface area contributed by atoms with E-state index < -0.39 is 11.5 Å². The molecule has 3 N–H and O–H groups in total. The maximum absolute atomic E-state index is 10.6. The predicted molar refractivity (Wildman–Crippen MR) is 83.0 cm³/mol. The van der Waals surface area contributed by atoms with Crippen molar-refractivity contribution in [1.29, 1.82) is 0 Å². The number of rotatable bonds is 1. The summed E-state index contributed by atoms with van der Waals surface area (Å²) in [6.45, 7) is 16.0. The molecule has 0 unspecified atom stereocenters. The number of carbonyl (C=O) groups is 1. The molecule has 0 saturated heterocycles. The fourth-order valence-electron chi connectivity index (χ4n) is 1.40. The topological polar surface area (TPSA) is 63.3 Å². The van der Waals surface area contributed by atoms with Crippen LogP contribution in [-0.4, -0.2) is 16.6 Å². The first-order chi connectivity index (χ1) is 8.65. The van der Waals surface area contributed by atoms with Crippen molar-refractivity contribution in [2.75, 3.05) is 0 Å². The van der Waals surface area contributed by atoms with Gasteiger partial charge in [-0.3, -0.25) is 4.79 Å². The first-order valence-electron chi connectivity index (χ1n) is 7.67. The fraction of sp³-hybridized carbons (Fsp3) is 0.933. The van der Waals surface area contributed by atoms with E-state index in [1.165, 1.54) is 0 Å². The summed E-state index contributed by atoms with van der Waals surface area (Å²) >= 11 is 0. The molecule has 0 spiro atoms. The van der Waals surface area contributed by atoms with Crippen LogP contribution in [0, 0.1) is 0 Å². The molecule has 1 rings (SSSR count). The zero-order valence-corrected chi connectivity index (χ0v) is 14.0. The molecule has 3 heteroatoms. The largest absolute Gasteiger partial charge is 0.480 e. The number of carboxylic acids is 1. The number of nitrogens with two attached hydrogens (primary N) is 1. The zero-order valence-electron chi connectivity index (χ0n) is 14.0. The van der Waals surface area contributed by atoms with Crippen LogP contribution in [0.25, 0.3) is 0 Å². The van der Waals surface area contributed by atoms with Crippen molar-refractivity contribution < 1.29 is 9.90 Å². The van der Waals surface area contributed by atoms with Crippen molar-refractivity contribution in [3.05, 3.63) is 0 Å². The van der Waals surface area contributed by atoms with Crippen LogP contribution in [0.5, 0.6) is 0 Å². The van der Waals surface area contributed by atoms with Gasteiger partial charge < -0.3 is 10.8 Å². The molecule has 1 aliphatic rings. The van der Waals surface area contributed by atoms with Crippen molar-refractivity contribution in [3.8, 4) is 0 Å².